The highest BCUT2D eigenvalue weighted by Crippen LogP contribution is 2.09. The number of rotatable bonds is 0. The molecule has 2 aromatic rings. The lowest BCUT2D eigenvalue weighted by Gasteiger charge is -1.91. The highest BCUT2D eigenvalue weighted by Gasteiger charge is 1.86. The van der Waals surface area contributed by atoms with Crippen LogP contribution >= 0.6 is 0 Å². The van der Waals surface area contributed by atoms with Gasteiger partial charge in [0.25, 0.3) is 0 Å². The van der Waals surface area contributed by atoms with Gasteiger partial charge in [-0.1, -0.05) is 65.8 Å². The van der Waals surface area contributed by atoms with Crippen molar-refractivity contribution in [1.82, 2.24) is 4.98 Å². The van der Waals surface area contributed by atoms with Crippen LogP contribution in [0.4, 0.5) is 0 Å². The van der Waals surface area contributed by atoms with Crippen LogP contribution in [0.5, 0.6) is 0 Å². The molecule has 0 atom stereocenters. The topological polar surface area (TPSA) is 12.9 Å². The molecule has 0 saturated heterocycles. The number of pyridine rings is 1. The number of fused-ring (bicyclic) bond motifs is 1. The summed E-state index contributed by atoms with van der Waals surface area (Å²) in [6.45, 7) is 13.0. The second kappa shape index (κ2) is 9.64. The number of benzene rings is 1. The van der Waals surface area contributed by atoms with Gasteiger partial charge in [0.2, 0.25) is 0 Å². The van der Waals surface area contributed by atoms with Crippen molar-refractivity contribution in [2.45, 2.75) is 41.5 Å². The third-order valence-electron chi connectivity index (χ3n) is 1.55. The molecule has 0 bridgehead atoms. The van der Waals surface area contributed by atoms with E-state index in [4.69, 9.17) is 0 Å². The first kappa shape index (κ1) is 16.6. The zero-order valence-electron chi connectivity index (χ0n) is 12.6. The molecule has 0 radical (unpaired) electrons. The first-order valence-electron chi connectivity index (χ1n) is 6.72. The lowest BCUT2D eigenvalue weighted by molar-refractivity contribution is 0.736. The Kier molecular flexibility index (Phi) is 8.91. The lowest BCUT2D eigenvalue weighted by Crippen LogP contribution is -1.71. The second-order valence-electron chi connectivity index (χ2n) is 5.69. The highest BCUT2D eigenvalue weighted by molar-refractivity contribution is 5.80. The van der Waals surface area contributed by atoms with Gasteiger partial charge in [-0.3, -0.25) is 4.98 Å². The maximum atomic E-state index is 4.01. The zero-order chi connectivity index (χ0) is 14.0. The highest BCUT2D eigenvalue weighted by atomic mass is 14.6. The Bertz CT molecular complexity index is 342. The van der Waals surface area contributed by atoms with Crippen LogP contribution in [-0.4, -0.2) is 4.98 Å². The van der Waals surface area contributed by atoms with Gasteiger partial charge in [-0.05, 0) is 28.7 Å². The van der Waals surface area contributed by atoms with E-state index >= 15 is 0 Å². The Balaban J connectivity index is 0.000000307. The monoisotopic (exact) mass is 245 g/mol. The second-order valence-corrected chi connectivity index (χ2v) is 5.69. The Morgan fingerprint density at radius 2 is 1.17 bits per heavy atom. The largest absolute Gasteiger partial charge is 0.264 e. The van der Waals surface area contributed by atoms with Crippen molar-refractivity contribution in [3.63, 3.8) is 0 Å². The van der Waals surface area contributed by atoms with E-state index in [1.807, 2.05) is 30.6 Å². The third kappa shape index (κ3) is 9.83. The van der Waals surface area contributed by atoms with Gasteiger partial charge in [-0.15, -0.1) is 0 Å². The van der Waals surface area contributed by atoms with Crippen LogP contribution in [0.15, 0.2) is 42.7 Å². The molecule has 0 N–H and O–H groups in total. The number of nitrogens with zero attached hydrogens (tertiary/aromatic N) is 1. The van der Waals surface area contributed by atoms with Crippen LogP contribution in [0.3, 0.4) is 0 Å². The summed E-state index contributed by atoms with van der Waals surface area (Å²) in [6.07, 6.45) is 3.68. The Hall–Kier alpha value is -1.37. The summed E-state index contributed by atoms with van der Waals surface area (Å²) in [6, 6.07) is 10.2. The number of hydrogen-bond acceptors (Lipinski definition) is 1. The molecule has 18 heavy (non-hydrogen) atoms. The van der Waals surface area contributed by atoms with Crippen molar-refractivity contribution in [3.05, 3.63) is 42.7 Å². The van der Waals surface area contributed by atoms with Gasteiger partial charge in [-0.2, -0.15) is 0 Å². The fourth-order valence-corrected chi connectivity index (χ4v) is 1.03. The van der Waals surface area contributed by atoms with Gasteiger partial charge in [0.15, 0.2) is 0 Å². The van der Waals surface area contributed by atoms with E-state index < -0.39 is 0 Å². The molecule has 100 valence electrons. The molecule has 0 unspecified atom stereocenters. The summed E-state index contributed by atoms with van der Waals surface area (Å²) in [5, 5.41) is 2.45. The summed E-state index contributed by atoms with van der Waals surface area (Å²) in [4.78, 5) is 4.01. The molecule has 2 rings (SSSR count). The fourth-order valence-electron chi connectivity index (χ4n) is 1.03. The van der Waals surface area contributed by atoms with Crippen LogP contribution in [0.2, 0.25) is 0 Å². The van der Waals surface area contributed by atoms with Crippen LogP contribution in [0.25, 0.3) is 10.8 Å². The molecule has 1 heterocycles. The van der Waals surface area contributed by atoms with E-state index in [1.165, 1.54) is 10.8 Å². The molecule has 0 amide bonds. The average Bonchev–Trinajstić information content (AvgIpc) is 2.28. The van der Waals surface area contributed by atoms with E-state index in [-0.39, 0.29) is 0 Å². The van der Waals surface area contributed by atoms with Crippen molar-refractivity contribution in [1.29, 1.82) is 0 Å². The summed E-state index contributed by atoms with van der Waals surface area (Å²) < 4.78 is 0. The minimum absolute atomic E-state index is 0.833. The van der Waals surface area contributed by atoms with Gasteiger partial charge in [0, 0.05) is 12.4 Å². The predicted octanol–water partition coefficient (Wildman–Crippen LogP) is 5.56. The van der Waals surface area contributed by atoms with Gasteiger partial charge in [0.05, 0.1) is 0 Å². The minimum Gasteiger partial charge on any atom is -0.264 e. The minimum atomic E-state index is 0.833. The summed E-state index contributed by atoms with van der Waals surface area (Å²) in [5.41, 5.74) is 0. The molecule has 0 aliphatic carbocycles. The number of hydrogen-bond donors (Lipinski definition) is 0. The van der Waals surface area contributed by atoms with Crippen LogP contribution in [0, 0.1) is 11.8 Å². The zero-order valence-corrected chi connectivity index (χ0v) is 12.6. The van der Waals surface area contributed by atoms with E-state index in [0.717, 1.165) is 11.8 Å². The van der Waals surface area contributed by atoms with Gasteiger partial charge in [0.1, 0.15) is 0 Å². The predicted molar refractivity (Wildman–Crippen MR) is 82.8 cm³/mol. The van der Waals surface area contributed by atoms with Crippen LogP contribution in [0.1, 0.15) is 41.5 Å². The standard InChI is InChI=1S/C9H7N.2C4H10/c1-2-4-9-7-10-6-5-8(9)3-1;2*1-4(2)3/h1-7H;2*4H,1-3H3. The van der Waals surface area contributed by atoms with Gasteiger partial charge >= 0.3 is 0 Å². The molecule has 0 aliphatic rings. The quantitative estimate of drug-likeness (QED) is 0.592. The van der Waals surface area contributed by atoms with Crippen LogP contribution in [-0.2, 0) is 0 Å². The molecule has 0 fully saturated rings. The summed E-state index contributed by atoms with van der Waals surface area (Å²) in [7, 11) is 0. The molecule has 1 nitrogen and oxygen atoms in total. The fraction of sp³-hybridized carbons (Fsp3) is 0.471. The Morgan fingerprint density at radius 3 is 1.61 bits per heavy atom. The van der Waals surface area contributed by atoms with Crippen LogP contribution < -0.4 is 0 Å². The van der Waals surface area contributed by atoms with Crippen molar-refractivity contribution < 1.29 is 0 Å². The van der Waals surface area contributed by atoms with Crippen molar-refractivity contribution in [2.75, 3.05) is 0 Å². The van der Waals surface area contributed by atoms with Crippen molar-refractivity contribution in [2.24, 2.45) is 11.8 Å². The molecular weight excluding hydrogens is 218 g/mol. The van der Waals surface area contributed by atoms with Crippen molar-refractivity contribution in [3.8, 4) is 0 Å². The summed E-state index contributed by atoms with van der Waals surface area (Å²) in [5.74, 6) is 1.67. The van der Waals surface area contributed by atoms with Gasteiger partial charge < -0.3 is 0 Å². The summed E-state index contributed by atoms with van der Waals surface area (Å²) >= 11 is 0. The van der Waals surface area contributed by atoms with E-state index in [1.54, 1.807) is 0 Å². The number of aromatic nitrogens is 1. The normalized spacial score (nSPS) is 9.56. The average molecular weight is 245 g/mol. The van der Waals surface area contributed by atoms with E-state index in [0.29, 0.717) is 0 Å². The smallest absolute Gasteiger partial charge is 0.0346 e. The van der Waals surface area contributed by atoms with E-state index in [2.05, 4.69) is 58.7 Å². The maximum absolute atomic E-state index is 4.01. The lowest BCUT2D eigenvalue weighted by atomic mass is 10.2. The molecule has 0 aliphatic heterocycles. The molecule has 0 spiro atoms. The Labute approximate surface area is 112 Å². The molecule has 0 saturated carbocycles. The first-order chi connectivity index (χ1) is 8.43. The third-order valence-corrected chi connectivity index (χ3v) is 1.55. The molecule has 1 aromatic carbocycles. The van der Waals surface area contributed by atoms with E-state index in [9.17, 15) is 0 Å². The van der Waals surface area contributed by atoms with Gasteiger partial charge in [-0.25, -0.2) is 0 Å². The SMILES string of the molecule is CC(C)C.CC(C)C.c1ccc2cnccc2c1. The van der Waals surface area contributed by atoms with Crippen molar-refractivity contribution >= 4 is 10.8 Å². The Morgan fingerprint density at radius 1 is 0.722 bits per heavy atom. The molecular formula is C17H27N. The molecule has 1 aromatic heterocycles. The maximum Gasteiger partial charge on any atom is 0.0346 e. The first-order valence-corrected chi connectivity index (χ1v) is 6.72. The molecule has 1 heteroatoms.